The normalized spacial score (nSPS) is 18.0. The number of pyridine rings is 1. The Kier molecular flexibility index (Phi) is 7.34. The molecule has 2 aromatic rings. The molecule has 1 aromatic carbocycles. The third-order valence-electron chi connectivity index (χ3n) is 5.38. The molecular formula is C25H30N4O4. The van der Waals surface area contributed by atoms with Gasteiger partial charge in [0.15, 0.2) is 0 Å². The van der Waals surface area contributed by atoms with Gasteiger partial charge in [-0.1, -0.05) is 12.1 Å². The monoisotopic (exact) mass is 450 g/mol. The molecule has 0 aliphatic carbocycles. The zero-order valence-corrected chi connectivity index (χ0v) is 19.7. The average molecular weight is 451 g/mol. The molecule has 1 N–H and O–H groups in total. The number of hydrogen-bond acceptors (Lipinski definition) is 6. The maximum Gasteiger partial charge on any atom is 0.410 e. The van der Waals surface area contributed by atoms with Gasteiger partial charge in [-0.05, 0) is 69.0 Å². The first-order valence-corrected chi connectivity index (χ1v) is 10.9. The molecule has 0 saturated carbocycles. The number of benzene rings is 1. The maximum absolute atomic E-state index is 13.0. The molecule has 1 aliphatic heterocycles. The third kappa shape index (κ3) is 6.08. The van der Waals surface area contributed by atoms with Gasteiger partial charge in [0.2, 0.25) is 0 Å². The van der Waals surface area contributed by atoms with Gasteiger partial charge in [0.05, 0.1) is 24.3 Å². The molecule has 0 spiro atoms. The van der Waals surface area contributed by atoms with E-state index < -0.39 is 11.7 Å². The molecule has 8 heteroatoms. The van der Waals surface area contributed by atoms with E-state index >= 15 is 0 Å². The predicted octanol–water partition coefficient (Wildman–Crippen LogP) is 3.68. The summed E-state index contributed by atoms with van der Waals surface area (Å²) in [7, 11) is 1.58. The number of nitriles is 1. The van der Waals surface area contributed by atoms with Gasteiger partial charge in [0.1, 0.15) is 11.3 Å². The van der Waals surface area contributed by atoms with E-state index in [1.165, 1.54) is 0 Å². The number of nitrogens with one attached hydrogen (secondary N) is 1. The highest BCUT2D eigenvalue weighted by atomic mass is 16.6. The molecule has 0 radical (unpaired) electrons. The molecule has 8 nitrogen and oxygen atoms in total. The second-order valence-electron chi connectivity index (χ2n) is 9.23. The van der Waals surface area contributed by atoms with Crippen LogP contribution in [0.5, 0.6) is 0 Å². The van der Waals surface area contributed by atoms with E-state index in [1.54, 1.807) is 36.4 Å². The number of carbonyl (C=O) groups excluding carboxylic acids is 2. The summed E-state index contributed by atoms with van der Waals surface area (Å²) in [6, 6.07) is 10.7. The number of methoxy groups -OCH3 is 1. The van der Waals surface area contributed by atoms with E-state index in [-0.39, 0.29) is 23.7 Å². The number of hydrogen-bond donors (Lipinski definition) is 1. The zero-order valence-electron chi connectivity index (χ0n) is 19.7. The minimum absolute atomic E-state index is 0.189. The fourth-order valence-electron chi connectivity index (χ4n) is 3.89. The van der Waals surface area contributed by atoms with Crippen molar-refractivity contribution in [1.82, 2.24) is 15.2 Å². The maximum atomic E-state index is 13.0. The summed E-state index contributed by atoms with van der Waals surface area (Å²) in [5, 5.41) is 12.2. The van der Waals surface area contributed by atoms with Crippen LogP contribution in [0, 0.1) is 18.3 Å². The number of carbonyl (C=O) groups is 2. The van der Waals surface area contributed by atoms with E-state index in [1.807, 2.05) is 39.8 Å². The molecule has 1 aliphatic rings. The van der Waals surface area contributed by atoms with Crippen LogP contribution in [0.15, 0.2) is 36.5 Å². The number of rotatable bonds is 5. The van der Waals surface area contributed by atoms with Gasteiger partial charge in [-0.2, -0.15) is 5.26 Å². The van der Waals surface area contributed by atoms with Crippen molar-refractivity contribution in [3.63, 3.8) is 0 Å². The van der Waals surface area contributed by atoms with Crippen LogP contribution in [-0.4, -0.2) is 59.8 Å². The fourth-order valence-corrected chi connectivity index (χ4v) is 3.89. The van der Waals surface area contributed by atoms with Crippen molar-refractivity contribution < 1.29 is 19.1 Å². The summed E-state index contributed by atoms with van der Waals surface area (Å²) in [6.45, 7) is 8.05. The van der Waals surface area contributed by atoms with Crippen LogP contribution in [0.4, 0.5) is 4.79 Å². The van der Waals surface area contributed by atoms with Crippen LogP contribution in [0.25, 0.3) is 11.1 Å². The number of likely N-dealkylation sites (tertiary alicyclic amines) is 1. The van der Waals surface area contributed by atoms with Crippen molar-refractivity contribution in [2.24, 2.45) is 0 Å². The summed E-state index contributed by atoms with van der Waals surface area (Å²) in [4.78, 5) is 31.5. The van der Waals surface area contributed by atoms with E-state index in [4.69, 9.17) is 9.47 Å². The lowest BCUT2D eigenvalue weighted by atomic mass is 9.99. The second-order valence-corrected chi connectivity index (χ2v) is 9.23. The molecule has 0 unspecified atom stereocenters. The van der Waals surface area contributed by atoms with Gasteiger partial charge >= 0.3 is 6.09 Å². The van der Waals surface area contributed by atoms with E-state index in [0.29, 0.717) is 25.1 Å². The molecule has 33 heavy (non-hydrogen) atoms. The van der Waals surface area contributed by atoms with Gasteiger partial charge in [0, 0.05) is 25.9 Å². The summed E-state index contributed by atoms with van der Waals surface area (Å²) in [5.41, 5.74) is 2.80. The Labute approximate surface area is 194 Å². The largest absolute Gasteiger partial charge is 0.444 e. The quantitative estimate of drug-likeness (QED) is 0.745. The molecule has 1 saturated heterocycles. The first-order chi connectivity index (χ1) is 15.6. The van der Waals surface area contributed by atoms with Crippen LogP contribution in [0.2, 0.25) is 0 Å². The van der Waals surface area contributed by atoms with Gasteiger partial charge in [-0.3, -0.25) is 9.78 Å². The number of aromatic nitrogens is 1. The van der Waals surface area contributed by atoms with E-state index in [9.17, 15) is 14.9 Å². The van der Waals surface area contributed by atoms with Crippen LogP contribution in [0.3, 0.4) is 0 Å². The molecule has 1 aromatic heterocycles. The van der Waals surface area contributed by atoms with Gasteiger partial charge < -0.3 is 19.7 Å². The summed E-state index contributed by atoms with van der Waals surface area (Å²) in [6.07, 6.45) is 1.79. The summed E-state index contributed by atoms with van der Waals surface area (Å²) >= 11 is 0. The Morgan fingerprint density at radius 1 is 1.30 bits per heavy atom. The van der Waals surface area contributed by atoms with Crippen molar-refractivity contribution in [1.29, 1.82) is 5.26 Å². The van der Waals surface area contributed by atoms with Crippen LogP contribution in [-0.2, 0) is 9.47 Å². The Bertz CT molecular complexity index is 1070. The topological polar surface area (TPSA) is 105 Å². The number of nitrogens with zero attached hydrogens (tertiary/aromatic N) is 3. The third-order valence-corrected chi connectivity index (χ3v) is 5.38. The van der Waals surface area contributed by atoms with Crippen molar-refractivity contribution in [3.05, 3.63) is 53.3 Å². The molecule has 0 bridgehead atoms. The van der Waals surface area contributed by atoms with Crippen LogP contribution >= 0.6 is 0 Å². The highest BCUT2D eigenvalue weighted by molar-refractivity contribution is 5.94. The average Bonchev–Trinajstić information content (AvgIpc) is 3.15. The molecule has 2 heterocycles. The van der Waals surface area contributed by atoms with Crippen LogP contribution in [0.1, 0.15) is 48.8 Å². The zero-order chi connectivity index (χ0) is 24.2. The SMILES string of the molecule is COC[C@@H]1C[C@@H](NC(=O)c2cc(-c3cccc(C#N)c3)c(C)cn2)CN1C(=O)OC(C)(C)C. The van der Waals surface area contributed by atoms with Crippen molar-refractivity contribution in [3.8, 4) is 17.2 Å². The number of amides is 2. The lowest BCUT2D eigenvalue weighted by molar-refractivity contribution is 0.0146. The van der Waals surface area contributed by atoms with Crippen molar-refractivity contribution >= 4 is 12.0 Å². The standard InChI is InChI=1S/C25H30N4O4/c1-16-13-27-22(11-21(16)18-8-6-7-17(9-18)12-26)23(30)28-19-10-20(15-32-5)29(14-19)24(31)33-25(2,3)4/h6-9,11,13,19-20H,10,14-15H2,1-5H3,(H,28,30)/t19-,20+/m1/s1. The first kappa shape index (κ1) is 24.2. The molecule has 2 amide bonds. The highest BCUT2D eigenvalue weighted by Gasteiger charge is 2.38. The van der Waals surface area contributed by atoms with Gasteiger partial charge in [-0.25, -0.2) is 4.79 Å². The number of aryl methyl sites for hydroxylation is 1. The number of ether oxygens (including phenoxy) is 2. The molecule has 2 atom stereocenters. The van der Waals surface area contributed by atoms with Crippen molar-refractivity contribution in [2.75, 3.05) is 20.3 Å². The Morgan fingerprint density at radius 2 is 2.06 bits per heavy atom. The minimum atomic E-state index is -0.610. The first-order valence-electron chi connectivity index (χ1n) is 10.9. The smallest absolute Gasteiger partial charge is 0.410 e. The Hall–Kier alpha value is -3.44. The predicted molar refractivity (Wildman–Crippen MR) is 124 cm³/mol. The van der Waals surface area contributed by atoms with Crippen molar-refractivity contribution in [2.45, 2.75) is 51.8 Å². The van der Waals surface area contributed by atoms with Crippen LogP contribution < -0.4 is 5.32 Å². The van der Waals surface area contributed by atoms with E-state index in [2.05, 4.69) is 16.4 Å². The molecule has 174 valence electrons. The summed E-state index contributed by atoms with van der Waals surface area (Å²) < 4.78 is 10.8. The Balaban J connectivity index is 1.76. The minimum Gasteiger partial charge on any atom is -0.444 e. The lowest BCUT2D eigenvalue weighted by Crippen LogP contribution is -2.43. The lowest BCUT2D eigenvalue weighted by Gasteiger charge is -2.28. The second kappa shape index (κ2) is 10.0. The Morgan fingerprint density at radius 3 is 2.73 bits per heavy atom. The molecule has 1 fully saturated rings. The molecule has 3 rings (SSSR count). The van der Waals surface area contributed by atoms with Gasteiger partial charge in [-0.15, -0.1) is 0 Å². The molecular weight excluding hydrogens is 420 g/mol. The van der Waals surface area contributed by atoms with Gasteiger partial charge in [0.25, 0.3) is 5.91 Å². The van der Waals surface area contributed by atoms with E-state index in [0.717, 1.165) is 16.7 Å². The fraction of sp³-hybridized carbons (Fsp3) is 0.440. The summed E-state index contributed by atoms with van der Waals surface area (Å²) in [5.74, 6) is -0.320. The highest BCUT2D eigenvalue weighted by Crippen LogP contribution is 2.25.